The van der Waals surface area contributed by atoms with Crippen molar-refractivity contribution in [1.29, 1.82) is 0 Å². The molecule has 1 aliphatic heterocycles. The maximum atomic E-state index is 11.9. The molecule has 26 heavy (non-hydrogen) atoms. The van der Waals surface area contributed by atoms with Gasteiger partial charge in [0.05, 0.1) is 25.1 Å². The number of hydrogen-bond acceptors (Lipinski definition) is 8. The molecule has 0 aromatic carbocycles. The Morgan fingerprint density at radius 2 is 2.15 bits per heavy atom. The van der Waals surface area contributed by atoms with Gasteiger partial charge in [-0.15, -0.1) is 0 Å². The number of aromatic nitrogens is 2. The monoisotopic (exact) mass is 405 g/mol. The van der Waals surface area contributed by atoms with Crippen LogP contribution in [0.1, 0.15) is 18.2 Å². The maximum Gasteiger partial charge on any atom is 1.00 e. The Morgan fingerprint density at radius 1 is 1.50 bits per heavy atom. The fourth-order valence-electron chi connectivity index (χ4n) is 2.30. The Labute approximate surface area is 191 Å². The molecule has 12 nitrogen and oxygen atoms in total. The molecule has 1 aliphatic rings. The van der Waals surface area contributed by atoms with E-state index < -0.39 is 43.6 Å². The van der Waals surface area contributed by atoms with Crippen molar-refractivity contribution >= 4 is 7.60 Å². The van der Waals surface area contributed by atoms with Gasteiger partial charge in [0.25, 0.3) is 5.56 Å². The summed E-state index contributed by atoms with van der Waals surface area (Å²) in [7, 11) is -4.83. The summed E-state index contributed by atoms with van der Waals surface area (Å²) in [6, 6.07) is -0.725. The quantitative estimate of drug-likeness (QED) is 0.160. The topological polar surface area (TPSA) is 185 Å². The molecule has 1 saturated heterocycles. The van der Waals surface area contributed by atoms with E-state index >= 15 is 0 Å². The van der Waals surface area contributed by atoms with Gasteiger partial charge in [0, 0.05) is 23.1 Å². The maximum absolute atomic E-state index is 11.9. The third kappa shape index (κ3) is 7.23. The molecule has 2 rings (SSSR count). The second-order valence-corrected chi connectivity index (χ2v) is 6.71. The zero-order valence-corrected chi connectivity index (χ0v) is 19.4. The molecule has 0 unspecified atom stereocenters. The smallest absolute Gasteiger partial charge is 0.809 e. The predicted octanol–water partition coefficient (Wildman–Crippen LogP) is -7.29. The average molecular weight is 405 g/mol. The fraction of sp³-hybridized carbons (Fsp3) is 0.636. The van der Waals surface area contributed by atoms with Crippen molar-refractivity contribution in [2.45, 2.75) is 31.7 Å². The van der Waals surface area contributed by atoms with Gasteiger partial charge in [0.2, 0.25) is 0 Å². The van der Waals surface area contributed by atoms with Gasteiger partial charge < -0.3 is 23.8 Å². The largest absolute Gasteiger partial charge is 1.00 e. The van der Waals surface area contributed by atoms with Gasteiger partial charge in [-0.2, -0.15) is 0 Å². The van der Waals surface area contributed by atoms with Crippen LogP contribution in [0.15, 0.2) is 20.9 Å². The molecule has 0 aliphatic carbocycles. The number of azide groups is 1. The number of hydrogen-bond donors (Lipinski definition) is 1. The van der Waals surface area contributed by atoms with Gasteiger partial charge in [0.1, 0.15) is 6.23 Å². The Morgan fingerprint density at radius 3 is 2.73 bits per heavy atom. The predicted molar refractivity (Wildman–Crippen MR) is 75.9 cm³/mol. The molecular formula is C11H14N5Na2O7P. The van der Waals surface area contributed by atoms with Crippen LogP contribution in [-0.2, 0) is 14.0 Å². The molecule has 0 bridgehead atoms. The van der Waals surface area contributed by atoms with Gasteiger partial charge in [-0.25, -0.2) is 4.79 Å². The van der Waals surface area contributed by atoms with E-state index in [1.807, 2.05) is 0 Å². The van der Waals surface area contributed by atoms with Crippen LogP contribution in [0.5, 0.6) is 0 Å². The molecule has 15 heteroatoms. The molecule has 2 heterocycles. The number of rotatable bonds is 6. The summed E-state index contributed by atoms with van der Waals surface area (Å²) >= 11 is 0. The number of nitrogens with zero attached hydrogens (tertiary/aromatic N) is 4. The zero-order valence-electron chi connectivity index (χ0n) is 14.5. The molecule has 0 saturated carbocycles. The summed E-state index contributed by atoms with van der Waals surface area (Å²) in [5.41, 5.74) is 7.66. The van der Waals surface area contributed by atoms with Crippen molar-refractivity contribution in [3.63, 3.8) is 0 Å². The van der Waals surface area contributed by atoms with E-state index in [9.17, 15) is 23.9 Å². The van der Waals surface area contributed by atoms with E-state index in [1.165, 1.54) is 13.1 Å². The Kier molecular flexibility index (Phi) is 11.2. The molecule has 0 amide bonds. The van der Waals surface area contributed by atoms with E-state index in [0.29, 0.717) is 0 Å². The Bertz CT molecular complexity index is 818. The van der Waals surface area contributed by atoms with Crippen LogP contribution in [0.2, 0.25) is 0 Å². The Hall–Kier alpha value is 0.0600. The van der Waals surface area contributed by atoms with Gasteiger partial charge in [-0.3, -0.25) is 14.3 Å². The summed E-state index contributed by atoms with van der Waals surface area (Å²) in [6.45, 7) is 1.21. The minimum atomic E-state index is -4.83. The van der Waals surface area contributed by atoms with Crippen LogP contribution in [0, 0.1) is 6.92 Å². The third-order valence-electron chi connectivity index (χ3n) is 3.39. The van der Waals surface area contributed by atoms with E-state index in [4.69, 9.17) is 15.0 Å². The van der Waals surface area contributed by atoms with Gasteiger partial charge in [-0.1, -0.05) is 5.11 Å². The van der Waals surface area contributed by atoms with Crippen molar-refractivity contribution in [2.75, 3.05) is 13.0 Å². The van der Waals surface area contributed by atoms with E-state index in [1.54, 1.807) is 0 Å². The summed E-state index contributed by atoms with van der Waals surface area (Å²) in [4.78, 5) is 49.2. The zero-order chi connectivity index (χ0) is 17.9. The molecule has 0 radical (unpaired) electrons. The van der Waals surface area contributed by atoms with Gasteiger partial charge in [0.15, 0.2) is 0 Å². The molecule has 1 N–H and O–H groups in total. The van der Waals surface area contributed by atoms with Crippen LogP contribution in [0.4, 0.5) is 0 Å². The summed E-state index contributed by atoms with van der Waals surface area (Å²) in [5.74, 6) is 0. The number of aryl methyl sites for hydroxylation is 1. The number of ether oxygens (including phenoxy) is 2. The standard InChI is InChI=1S/C11H16N5O7P.2Na/c1-6-3-16(11(18)13-10(6)17)9-2-7(14-15-12)8(23-9)4-22-5-24(19,20)21;;/h3,7-9H,2,4-5H2,1H3,(H,13,17,18)(H2,19,20,21);;/q;2*+1/p-2/t7-,8+,9+;;/m0../s1. The second kappa shape index (κ2) is 11.2. The van der Waals surface area contributed by atoms with Crippen molar-refractivity contribution < 1.29 is 82.9 Å². The van der Waals surface area contributed by atoms with E-state index in [2.05, 4.69) is 15.0 Å². The first-order chi connectivity index (χ1) is 11.2. The van der Waals surface area contributed by atoms with Crippen LogP contribution >= 0.6 is 7.60 Å². The van der Waals surface area contributed by atoms with Crippen molar-refractivity contribution in [2.24, 2.45) is 5.11 Å². The molecule has 0 spiro atoms. The van der Waals surface area contributed by atoms with Crippen LogP contribution in [0.3, 0.4) is 0 Å². The fourth-order valence-corrected chi connectivity index (χ4v) is 2.63. The van der Waals surface area contributed by atoms with E-state index in [-0.39, 0.29) is 77.7 Å². The average Bonchev–Trinajstić information content (AvgIpc) is 2.85. The summed E-state index contributed by atoms with van der Waals surface area (Å²) < 4.78 is 22.0. The van der Waals surface area contributed by atoms with Crippen molar-refractivity contribution in [3.8, 4) is 0 Å². The van der Waals surface area contributed by atoms with E-state index in [0.717, 1.165) is 4.57 Å². The number of nitrogens with one attached hydrogen (secondary N) is 1. The molecule has 1 aromatic heterocycles. The minimum Gasteiger partial charge on any atom is -0.809 e. The van der Waals surface area contributed by atoms with Crippen molar-refractivity contribution in [1.82, 2.24) is 9.55 Å². The Balaban J connectivity index is 0.00000312. The SMILES string of the molecule is Cc1cn([C@H]2C[C@H](N=[N+]=[N-])[C@@H](COCP(=O)([O-])[O-])O2)c(=O)[nH]c1=O.[Na+].[Na+]. The van der Waals surface area contributed by atoms with Crippen LogP contribution in [0.25, 0.3) is 10.4 Å². The first kappa shape index (κ1) is 26.1. The molecule has 1 aromatic rings. The normalized spacial score (nSPS) is 22.0. The van der Waals surface area contributed by atoms with Gasteiger partial charge >= 0.3 is 64.8 Å². The van der Waals surface area contributed by atoms with Crippen LogP contribution < -0.4 is 80.2 Å². The first-order valence-corrected chi connectivity index (χ1v) is 8.54. The van der Waals surface area contributed by atoms with Crippen molar-refractivity contribution in [3.05, 3.63) is 43.0 Å². The third-order valence-corrected chi connectivity index (χ3v) is 3.89. The number of aromatic amines is 1. The first-order valence-electron chi connectivity index (χ1n) is 6.82. The van der Waals surface area contributed by atoms with Crippen LogP contribution in [-0.4, -0.2) is 34.7 Å². The molecule has 132 valence electrons. The molecule has 3 atom stereocenters. The number of H-pyrrole nitrogens is 1. The van der Waals surface area contributed by atoms with Gasteiger partial charge in [-0.05, 0) is 20.1 Å². The minimum absolute atomic E-state index is 0. The second-order valence-electron chi connectivity index (χ2n) is 5.23. The molecule has 1 fully saturated rings. The summed E-state index contributed by atoms with van der Waals surface area (Å²) in [5, 5.41) is 3.53. The summed E-state index contributed by atoms with van der Waals surface area (Å²) in [6.07, 6.45) is -1.25. The molecular weight excluding hydrogens is 391 g/mol.